The fourth-order valence-corrected chi connectivity index (χ4v) is 1.03. The van der Waals surface area contributed by atoms with Crippen molar-refractivity contribution >= 4 is 18.2 Å². The van der Waals surface area contributed by atoms with Gasteiger partial charge in [0.15, 0.2) is 0 Å². The Kier molecular flexibility index (Phi) is 2.03. The molecule has 1 unspecified atom stereocenters. The number of carbonyl (C=O) groups excluding carboxylic acids is 2. The van der Waals surface area contributed by atoms with Crippen molar-refractivity contribution in [2.75, 3.05) is 0 Å². The minimum Gasteiger partial charge on any atom is -0.316 e. The lowest BCUT2D eigenvalue weighted by molar-refractivity contribution is -0.135. The van der Waals surface area contributed by atoms with Gasteiger partial charge in [-0.2, -0.15) is 0 Å². The van der Waals surface area contributed by atoms with Gasteiger partial charge in [-0.3, -0.25) is 9.59 Å². The zero-order valence-corrected chi connectivity index (χ0v) is 6.50. The molecule has 0 saturated heterocycles. The Morgan fingerprint density at radius 1 is 1.55 bits per heavy atom. The lowest BCUT2D eigenvalue weighted by Crippen LogP contribution is -2.41. The van der Waals surface area contributed by atoms with Crippen LogP contribution in [0.2, 0.25) is 0 Å². The Labute approximate surface area is 64.7 Å². The molecule has 0 bridgehead atoms. The number of nitrogens with one attached hydrogen (secondary N) is 1. The van der Waals surface area contributed by atoms with Crippen molar-refractivity contribution in [1.29, 1.82) is 0 Å². The topological polar surface area (TPSA) is 58.5 Å². The molecule has 11 heavy (non-hydrogen) atoms. The van der Waals surface area contributed by atoms with Gasteiger partial charge in [-0.25, -0.2) is 4.99 Å². The van der Waals surface area contributed by atoms with Crippen molar-refractivity contribution in [1.82, 2.24) is 5.32 Å². The van der Waals surface area contributed by atoms with Gasteiger partial charge in [-0.15, -0.1) is 0 Å². The summed E-state index contributed by atoms with van der Waals surface area (Å²) in [4.78, 5) is 25.5. The second-order valence-electron chi connectivity index (χ2n) is 2.83. The summed E-state index contributed by atoms with van der Waals surface area (Å²) in [6, 6.07) is 0. The van der Waals surface area contributed by atoms with Gasteiger partial charge in [0.25, 0.3) is 5.91 Å². The van der Waals surface area contributed by atoms with E-state index in [9.17, 15) is 9.59 Å². The SMILES string of the molecule is CC(C)C1C(=O)N=CNC1=O. The minimum absolute atomic E-state index is 0.0138. The van der Waals surface area contributed by atoms with Gasteiger partial charge in [-0.05, 0) is 5.92 Å². The van der Waals surface area contributed by atoms with Crippen molar-refractivity contribution in [2.24, 2.45) is 16.8 Å². The summed E-state index contributed by atoms with van der Waals surface area (Å²) >= 11 is 0. The minimum atomic E-state index is -0.597. The van der Waals surface area contributed by atoms with E-state index in [0.29, 0.717) is 0 Å². The van der Waals surface area contributed by atoms with Crippen LogP contribution in [-0.4, -0.2) is 18.2 Å². The van der Waals surface area contributed by atoms with Crippen LogP contribution in [0.1, 0.15) is 13.8 Å². The zero-order chi connectivity index (χ0) is 8.43. The molecule has 0 aromatic rings. The average Bonchev–Trinajstić information content (AvgIpc) is 1.85. The maximum Gasteiger partial charge on any atom is 0.259 e. The highest BCUT2D eigenvalue weighted by atomic mass is 16.2. The predicted octanol–water partition coefficient (Wildman–Crippen LogP) is -0.0567. The van der Waals surface area contributed by atoms with Crippen LogP contribution >= 0.6 is 0 Å². The molecule has 60 valence electrons. The molecular formula is C7H10N2O2. The highest BCUT2D eigenvalue weighted by Gasteiger charge is 2.31. The first kappa shape index (κ1) is 7.91. The van der Waals surface area contributed by atoms with Crippen molar-refractivity contribution in [2.45, 2.75) is 13.8 Å². The first-order valence-corrected chi connectivity index (χ1v) is 3.49. The molecule has 0 saturated carbocycles. The van der Waals surface area contributed by atoms with Gasteiger partial charge >= 0.3 is 0 Å². The van der Waals surface area contributed by atoms with Gasteiger partial charge in [0.2, 0.25) is 5.91 Å². The highest BCUT2D eigenvalue weighted by molar-refractivity contribution is 6.10. The first-order valence-electron chi connectivity index (χ1n) is 3.49. The van der Waals surface area contributed by atoms with Crippen molar-refractivity contribution in [3.05, 3.63) is 0 Å². The number of carbonyl (C=O) groups is 2. The summed E-state index contributed by atoms with van der Waals surface area (Å²) in [7, 11) is 0. The highest BCUT2D eigenvalue weighted by Crippen LogP contribution is 2.14. The molecule has 1 aliphatic heterocycles. The molecule has 0 fully saturated rings. The second-order valence-corrected chi connectivity index (χ2v) is 2.83. The Morgan fingerprint density at radius 3 is 2.55 bits per heavy atom. The van der Waals surface area contributed by atoms with Crippen LogP contribution in [0.25, 0.3) is 0 Å². The smallest absolute Gasteiger partial charge is 0.259 e. The van der Waals surface area contributed by atoms with E-state index in [2.05, 4.69) is 10.3 Å². The second kappa shape index (κ2) is 2.82. The van der Waals surface area contributed by atoms with E-state index in [0.717, 1.165) is 6.34 Å². The van der Waals surface area contributed by atoms with Crippen LogP contribution in [-0.2, 0) is 9.59 Å². The molecule has 1 rings (SSSR count). The molecule has 4 nitrogen and oxygen atoms in total. The molecule has 4 heteroatoms. The Hall–Kier alpha value is -1.19. The normalized spacial score (nSPS) is 24.1. The van der Waals surface area contributed by atoms with Gasteiger partial charge in [0.1, 0.15) is 5.92 Å². The monoisotopic (exact) mass is 154 g/mol. The summed E-state index contributed by atoms with van der Waals surface area (Å²) in [5.41, 5.74) is 0. The van der Waals surface area contributed by atoms with E-state index in [4.69, 9.17) is 0 Å². The molecule has 0 spiro atoms. The van der Waals surface area contributed by atoms with Crippen LogP contribution in [0.5, 0.6) is 0 Å². The van der Waals surface area contributed by atoms with E-state index in [1.165, 1.54) is 0 Å². The summed E-state index contributed by atoms with van der Waals surface area (Å²) in [5, 5.41) is 2.39. The largest absolute Gasteiger partial charge is 0.316 e. The molecule has 0 aliphatic carbocycles. The molecule has 1 aliphatic rings. The maximum absolute atomic E-state index is 11.0. The van der Waals surface area contributed by atoms with Crippen molar-refractivity contribution in [3.63, 3.8) is 0 Å². The quantitative estimate of drug-likeness (QED) is 0.538. The van der Waals surface area contributed by atoms with Gasteiger partial charge in [0.05, 0.1) is 6.34 Å². The number of aliphatic imine (C=N–C) groups is 1. The fraction of sp³-hybridized carbons (Fsp3) is 0.571. The number of rotatable bonds is 1. The van der Waals surface area contributed by atoms with Crippen LogP contribution in [0, 0.1) is 11.8 Å². The van der Waals surface area contributed by atoms with Crippen LogP contribution < -0.4 is 5.32 Å². The van der Waals surface area contributed by atoms with Gasteiger partial charge in [-0.1, -0.05) is 13.8 Å². The Bertz CT molecular complexity index is 220. The Balaban J connectivity index is 2.83. The molecular weight excluding hydrogens is 144 g/mol. The average molecular weight is 154 g/mol. The molecule has 1 N–H and O–H groups in total. The molecule has 0 aromatic heterocycles. The predicted molar refractivity (Wildman–Crippen MR) is 40.0 cm³/mol. The number of hydrogen-bond acceptors (Lipinski definition) is 2. The molecule has 2 amide bonds. The van der Waals surface area contributed by atoms with E-state index < -0.39 is 5.92 Å². The van der Waals surface area contributed by atoms with Crippen molar-refractivity contribution < 1.29 is 9.59 Å². The third-order valence-corrected chi connectivity index (χ3v) is 1.61. The van der Waals surface area contributed by atoms with Gasteiger partial charge < -0.3 is 5.32 Å². The lowest BCUT2D eigenvalue weighted by Gasteiger charge is -2.17. The van der Waals surface area contributed by atoms with Crippen LogP contribution in [0.3, 0.4) is 0 Å². The van der Waals surface area contributed by atoms with E-state index in [1.807, 2.05) is 13.8 Å². The maximum atomic E-state index is 11.0. The third-order valence-electron chi connectivity index (χ3n) is 1.61. The molecule has 0 radical (unpaired) electrons. The standard InChI is InChI=1S/C7H10N2O2/c1-4(2)5-6(10)8-3-9-7(5)11/h3-5H,1-2H3,(H,8,9,10,11). The van der Waals surface area contributed by atoms with Crippen LogP contribution in [0.4, 0.5) is 0 Å². The number of nitrogens with zero attached hydrogens (tertiary/aromatic N) is 1. The molecule has 1 atom stereocenters. The third kappa shape index (κ3) is 1.45. The lowest BCUT2D eigenvalue weighted by atomic mass is 9.94. The summed E-state index contributed by atoms with van der Waals surface area (Å²) in [5.74, 6) is -1.18. The summed E-state index contributed by atoms with van der Waals surface area (Å²) in [6.45, 7) is 3.64. The molecule has 1 heterocycles. The number of amides is 2. The summed E-state index contributed by atoms with van der Waals surface area (Å²) < 4.78 is 0. The van der Waals surface area contributed by atoms with Gasteiger partial charge in [0, 0.05) is 0 Å². The zero-order valence-electron chi connectivity index (χ0n) is 6.50. The van der Waals surface area contributed by atoms with Crippen molar-refractivity contribution in [3.8, 4) is 0 Å². The van der Waals surface area contributed by atoms with Crippen LogP contribution in [0.15, 0.2) is 4.99 Å². The number of hydrogen-bond donors (Lipinski definition) is 1. The molecule has 0 aromatic carbocycles. The van der Waals surface area contributed by atoms with E-state index >= 15 is 0 Å². The fourth-order valence-electron chi connectivity index (χ4n) is 1.03. The van der Waals surface area contributed by atoms with E-state index in [1.54, 1.807) is 0 Å². The Morgan fingerprint density at radius 2 is 2.18 bits per heavy atom. The van der Waals surface area contributed by atoms with E-state index in [-0.39, 0.29) is 17.7 Å². The first-order chi connectivity index (χ1) is 5.13. The summed E-state index contributed by atoms with van der Waals surface area (Å²) in [6.07, 6.45) is 1.14.